The molecule has 1 N–H and O–H groups in total. The fraction of sp³-hybridized carbons (Fsp3) is 0.455. The molecule has 0 saturated carbocycles. The van der Waals surface area contributed by atoms with Gasteiger partial charge in [0, 0.05) is 22.7 Å². The minimum Gasteiger partial charge on any atom is -0.381 e. The van der Waals surface area contributed by atoms with Crippen molar-refractivity contribution in [1.82, 2.24) is 0 Å². The van der Waals surface area contributed by atoms with Crippen LogP contribution >= 0.6 is 23.4 Å². The smallest absolute Gasteiger partial charge is 0.143 e. The number of nitrogens with one attached hydrogen (secondary N) is 1. The zero-order chi connectivity index (χ0) is 10.8. The van der Waals surface area contributed by atoms with Gasteiger partial charge in [-0.05, 0) is 24.6 Å². The molecule has 0 radical (unpaired) electrons. The van der Waals surface area contributed by atoms with Gasteiger partial charge in [-0.15, -0.1) is 0 Å². The van der Waals surface area contributed by atoms with Crippen LogP contribution < -0.4 is 5.32 Å². The van der Waals surface area contributed by atoms with E-state index >= 15 is 0 Å². The number of hydrogen-bond acceptors (Lipinski definition) is 2. The van der Waals surface area contributed by atoms with Gasteiger partial charge in [-0.1, -0.05) is 18.5 Å². The molecule has 1 nitrogen and oxygen atoms in total. The topological polar surface area (TPSA) is 12.0 Å². The van der Waals surface area contributed by atoms with E-state index in [4.69, 9.17) is 11.6 Å². The number of anilines is 1. The largest absolute Gasteiger partial charge is 0.381 e. The molecular formula is C11H13ClFNS. The van der Waals surface area contributed by atoms with E-state index in [1.807, 2.05) is 17.8 Å². The van der Waals surface area contributed by atoms with Crippen LogP contribution in [-0.2, 0) is 0 Å². The van der Waals surface area contributed by atoms with Crippen molar-refractivity contribution < 1.29 is 4.39 Å². The van der Waals surface area contributed by atoms with E-state index in [-0.39, 0.29) is 10.8 Å². The molecular weight excluding hydrogens is 233 g/mol. The van der Waals surface area contributed by atoms with E-state index in [1.165, 1.54) is 6.07 Å². The first kappa shape index (κ1) is 11.1. The summed E-state index contributed by atoms with van der Waals surface area (Å²) >= 11 is 7.56. The highest BCUT2D eigenvalue weighted by molar-refractivity contribution is 8.00. The normalized spacial score (nSPS) is 25.5. The maximum atomic E-state index is 13.2. The minimum atomic E-state index is -0.361. The molecule has 4 heteroatoms. The third-order valence-corrected chi connectivity index (χ3v) is 4.15. The van der Waals surface area contributed by atoms with Crippen molar-refractivity contribution in [3.8, 4) is 0 Å². The van der Waals surface area contributed by atoms with Gasteiger partial charge >= 0.3 is 0 Å². The summed E-state index contributed by atoms with van der Waals surface area (Å²) in [4.78, 5) is 0. The Labute approximate surface area is 98.4 Å². The van der Waals surface area contributed by atoms with E-state index in [0.717, 1.165) is 17.9 Å². The monoisotopic (exact) mass is 245 g/mol. The quantitative estimate of drug-likeness (QED) is 0.851. The molecule has 0 bridgehead atoms. The fourth-order valence-electron chi connectivity index (χ4n) is 1.74. The Bertz CT molecular complexity index is 358. The molecule has 1 heterocycles. The van der Waals surface area contributed by atoms with Gasteiger partial charge in [0.15, 0.2) is 0 Å². The van der Waals surface area contributed by atoms with Gasteiger partial charge < -0.3 is 5.32 Å². The third kappa shape index (κ3) is 2.79. The number of benzene rings is 1. The van der Waals surface area contributed by atoms with Crippen LogP contribution in [0, 0.1) is 5.82 Å². The molecule has 1 aromatic rings. The van der Waals surface area contributed by atoms with Crippen molar-refractivity contribution in [2.24, 2.45) is 0 Å². The summed E-state index contributed by atoms with van der Waals surface area (Å²) in [6.07, 6.45) is 1.13. The molecule has 1 aromatic carbocycles. The first-order valence-corrected chi connectivity index (χ1v) is 6.41. The van der Waals surface area contributed by atoms with Crippen LogP contribution in [-0.4, -0.2) is 17.0 Å². The molecule has 1 aliphatic rings. The van der Waals surface area contributed by atoms with Gasteiger partial charge in [-0.2, -0.15) is 11.8 Å². The predicted octanol–water partition coefficient (Wildman–Crippen LogP) is 3.79. The van der Waals surface area contributed by atoms with Gasteiger partial charge in [-0.3, -0.25) is 0 Å². The second kappa shape index (κ2) is 4.62. The first-order chi connectivity index (χ1) is 7.15. The lowest BCUT2D eigenvalue weighted by Crippen LogP contribution is -2.18. The van der Waals surface area contributed by atoms with E-state index < -0.39 is 0 Å². The molecule has 2 atom stereocenters. The Hall–Kier alpha value is -0.410. The Morgan fingerprint density at radius 1 is 1.53 bits per heavy atom. The van der Waals surface area contributed by atoms with Gasteiger partial charge in [0.2, 0.25) is 0 Å². The predicted molar refractivity (Wildman–Crippen MR) is 65.4 cm³/mol. The van der Waals surface area contributed by atoms with Crippen LogP contribution in [0.25, 0.3) is 0 Å². The van der Waals surface area contributed by atoms with Crippen molar-refractivity contribution in [3.63, 3.8) is 0 Å². The van der Waals surface area contributed by atoms with E-state index in [0.29, 0.717) is 11.3 Å². The zero-order valence-electron chi connectivity index (χ0n) is 8.47. The highest BCUT2D eigenvalue weighted by Gasteiger charge is 2.21. The Kier molecular flexibility index (Phi) is 3.42. The Morgan fingerprint density at radius 3 is 2.93 bits per heavy atom. The standard InChI is InChI=1S/C11H13ClFNS/c1-7-4-9(6-15-7)14-8-2-3-10(12)11(13)5-8/h2-3,5,7,9,14H,4,6H2,1H3. The molecule has 0 aliphatic carbocycles. The van der Waals surface area contributed by atoms with Crippen molar-refractivity contribution in [2.75, 3.05) is 11.1 Å². The van der Waals surface area contributed by atoms with Crippen molar-refractivity contribution in [2.45, 2.75) is 24.6 Å². The van der Waals surface area contributed by atoms with Crippen LogP contribution in [0.3, 0.4) is 0 Å². The molecule has 1 aliphatic heterocycles. The molecule has 2 rings (SSSR count). The third-order valence-electron chi connectivity index (χ3n) is 2.49. The van der Waals surface area contributed by atoms with E-state index in [9.17, 15) is 4.39 Å². The Morgan fingerprint density at radius 2 is 2.33 bits per heavy atom. The molecule has 82 valence electrons. The van der Waals surface area contributed by atoms with Crippen LogP contribution in [0.15, 0.2) is 18.2 Å². The minimum absolute atomic E-state index is 0.176. The second-order valence-electron chi connectivity index (χ2n) is 3.85. The van der Waals surface area contributed by atoms with Crippen LogP contribution in [0.2, 0.25) is 5.02 Å². The summed E-state index contributed by atoms with van der Waals surface area (Å²) in [5, 5.41) is 4.19. The van der Waals surface area contributed by atoms with Crippen LogP contribution in [0.4, 0.5) is 10.1 Å². The molecule has 2 unspecified atom stereocenters. The number of rotatable bonds is 2. The summed E-state index contributed by atoms with van der Waals surface area (Å²) < 4.78 is 13.2. The number of halogens is 2. The van der Waals surface area contributed by atoms with Gasteiger partial charge in [0.25, 0.3) is 0 Å². The van der Waals surface area contributed by atoms with Gasteiger partial charge in [0.1, 0.15) is 5.82 Å². The highest BCUT2D eigenvalue weighted by Crippen LogP contribution is 2.29. The molecule has 15 heavy (non-hydrogen) atoms. The maximum absolute atomic E-state index is 13.2. The molecule has 1 fully saturated rings. The SMILES string of the molecule is CC1CC(Nc2ccc(Cl)c(F)c2)CS1. The number of hydrogen-bond donors (Lipinski definition) is 1. The van der Waals surface area contributed by atoms with Crippen molar-refractivity contribution >= 4 is 29.1 Å². The summed E-state index contributed by atoms with van der Waals surface area (Å²) in [5.74, 6) is 0.728. The lowest BCUT2D eigenvalue weighted by molar-refractivity contribution is 0.628. The lowest BCUT2D eigenvalue weighted by atomic mass is 10.2. The Balaban J connectivity index is 2.02. The first-order valence-electron chi connectivity index (χ1n) is 4.98. The van der Waals surface area contributed by atoms with Crippen molar-refractivity contribution in [3.05, 3.63) is 29.0 Å². The molecule has 0 aromatic heterocycles. The zero-order valence-corrected chi connectivity index (χ0v) is 10.0. The lowest BCUT2D eigenvalue weighted by Gasteiger charge is -2.13. The summed E-state index contributed by atoms with van der Waals surface area (Å²) in [7, 11) is 0. The molecule has 0 spiro atoms. The van der Waals surface area contributed by atoms with E-state index in [2.05, 4.69) is 12.2 Å². The summed E-state index contributed by atoms with van der Waals surface area (Å²) in [6.45, 7) is 2.22. The van der Waals surface area contributed by atoms with Crippen molar-refractivity contribution in [1.29, 1.82) is 0 Å². The molecule has 1 saturated heterocycles. The van der Waals surface area contributed by atoms with Crippen LogP contribution in [0.1, 0.15) is 13.3 Å². The molecule has 0 amide bonds. The average Bonchev–Trinajstić information content (AvgIpc) is 2.58. The highest BCUT2D eigenvalue weighted by atomic mass is 35.5. The summed E-state index contributed by atoms with van der Waals surface area (Å²) in [5.41, 5.74) is 0.816. The number of thioether (sulfide) groups is 1. The van der Waals surface area contributed by atoms with Crippen LogP contribution in [0.5, 0.6) is 0 Å². The van der Waals surface area contributed by atoms with E-state index in [1.54, 1.807) is 6.07 Å². The second-order valence-corrected chi connectivity index (χ2v) is 5.73. The van der Waals surface area contributed by atoms with Gasteiger partial charge in [-0.25, -0.2) is 4.39 Å². The maximum Gasteiger partial charge on any atom is 0.143 e. The fourth-order valence-corrected chi connectivity index (χ4v) is 3.01. The summed E-state index contributed by atoms with van der Waals surface area (Å²) in [6, 6.07) is 5.31. The van der Waals surface area contributed by atoms with Gasteiger partial charge in [0.05, 0.1) is 5.02 Å². The average molecular weight is 246 g/mol.